The van der Waals surface area contributed by atoms with Crippen LogP contribution in [0, 0.1) is 0 Å². The Hall–Kier alpha value is -1.28. The quantitative estimate of drug-likeness (QED) is 0.0353. The third-order valence-corrected chi connectivity index (χ3v) is 15.5. The summed E-state index contributed by atoms with van der Waals surface area (Å²) in [7, 11) is 0. The summed E-state index contributed by atoms with van der Waals surface area (Å²) in [6.07, 6.45) is 66.8. The standard InChI is InChI=1S/C60H116N2O4S2/c1-3-5-7-9-11-13-15-17-19-25-29-33-37-41-45-49-53-67-57(61)55-59(63)65-51-47-43-39-35-31-27-23-21-22-24-28-32-36-40-44-48-52-66-60(64)56-58(62)68-54-50-46-42-38-34-30-26-20-18-16-14-12-10-8-6-4-2/h55-56H,3-54,61-62H2,1-2H3/b57-55-,58-56-. The molecule has 0 aromatic carbocycles. The number of hydrogen-bond donors (Lipinski definition) is 2. The fourth-order valence-electron chi connectivity index (χ4n) is 9.10. The van der Waals surface area contributed by atoms with E-state index in [4.69, 9.17) is 20.9 Å². The van der Waals surface area contributed by atoms with E-state index in [2.05, 4.69) is 13.8 Å². The molecule has 0 atom stereocenters. The van der Waals surface area contributed by atoms with Crippen molar-refractivity contribution >= 4 is 35.5 Å². The van der Waals surface area contributed by atoms with Crippen molar-refractivity contribution in [3.8, 4) is 0 Å². The van der Waals surface area contributed by atoms with E-state index in [0.717, 1.165) is 50.0 Å². The van der Waals surface area contributed by atoms with Crippen LogP contribution in [0.5, 0.6) is 0 Å². The van der Waals surface area contributed by atoms with E-state index < -0.39 is 0 Å². The average molecular weight is 994 g/mol. The largest absolute Gasteiger partial charge is 0.462 e. The predicted molar refractivity (Wildman–Crippen MR) is 304 cm³/mol. The van der Waals surface area contributed by atoms with Gasteiger partial charge in [0.2, 0.25) is 0 Å². The molecule has 0 rings (SSSR count). The Labute approximate surface area is 432 Å². The van der Waals surface area contributed by atoms with E-state index in [1.807, 2.05) is 0 Å². The smallest absolute Gasteiger partial charge is 0.333 e. The van der Waals surface area contributed by atoms with Crippen LogP contribution in [0.3, 0.4) is 0 Å². The van der Waals surface area contributed by atoms with Crippen LogP contribution in [0.25, 0.3) is 0 Å². The summed E-state index contributed by atoms with van der Waals surface area (Å²) >= 11 is 3.17. The van der Waals surface area contributed by atoms with Gasteiger partial charge in [0.15, 0.2) is 0 Å². The van der Waals surface area contributed by atoms with E-state index in [-0.39, 0.29) is 11.9 Å². The Bertz CT molecular complexity index is 1020. The van der Waals surface area contributed by atoms with E-state index >= 15 is 0 Å². The zero-order valence-corrected chi connectivity index (χ0v) is 47.2. The van der Waals surface area contributed by atoms with Gasteiger partial charge in [0.25, 0.3) is 0 Å². The van der Waals surface area contributed by atoms with Gasteiger partial charge in [0, 0.05) is 0 Å². The minimum absolute atomic E-state index is 0.295. The molecule has 0 aliphatic carbocycles. The van der Waals surface area contributed by atoms with Gasteiger partial charge in [-0.15, -0.1) is 23.5 Å². The molecule has 68 heavy (non-hydrogen) atoms. The highest BCUT2D eigenvalue weighted by atomic mass is 32.2. The second-order valence-electron chi connectivity index (χ2n) is 20.4. The molecule has 6 nitrogen and oxygen atoms in total. The number of carbonyl (C=O) groups is 2. The van der Waals surface area contributed by atoms with Crippen molar-refractivity contribution in [2.45, 2.75) is 322 Å². The van der Waals surface area contributed by atoms with E-state index in [1.165, 1.54) is 282 Å². The molecule has 4 N–H and O–H groups in total. The van der Waals surface area contributed by atoms with E-state index in [9.17, 15) is 9.59 Å². The molecule has 0 saturated carbocycles. The van der Waals surface area contributed by atoms with Crippen LogP contribution in [0.4, 0.5) is 0 Å². The highest BCUT2D eigenvalue weighted by Gasteiger charge is 2.04. The zero-order valence-electron chi connectivity index (χ0n) is 45.5. The van der Waals surface area contributed by atoms with Gasteiger partial charge >= 0.3 is 11.9 Å². The van der Waals surface area contributed by atoms with Gasteiger partial charge in [-0.05, 0) is 37.2 Å². The first-order valence-corrected chi connectivity index (χ1v) is 32.0. The Morgan fingerprint density at radius 3 is 0.676 bits per heavy atom. The lowest BCUT2D eigenvalue weighted by Crippen LogP contribution is -2.06. The molecular weight excluding hydrogens is 877 g/mol. The van der Waals surface area contributed by atoms with Crippen molar-refractivity contribution in [1.29, 1.82) is 0 Å². The summed E-state index contributed by atoms with van der Waals surface area (Å²) in [5.41, 5.74) is 12.1. The number of unbranched alkanes of at least 4 members (excludes halogenated alkanes) is 45. The normalized spacial score (nSPS) is 12.0. The lowest BCUT2D eigenvalue weighted by Gasteiger charge is -2.05. The molecule has 0 amide bonds. The molecule has 0 aromatic rings. The first-order chi connectivity index (χ1) is 33.5. The Morgan fingerprint density at radius 2 is 0.471 bits per heavy atom. The number of carbonyl (C=O) groups excluding carboxylic acids is 2. The van der Waals surface area contributed by atoms with E-state index in [0.29, 0.717) is 23.3 Å². The second-order valence-corrected chi connectivity index (χ2v) is 22.7. The number of thioether (sulfide) groups is 2. The first-order valence-electron chi connectivity index (χ1n) is 30.0. The van der Waals surface area contributed by atoms with Gasteiger partial charge in [0.05, 0.1) is 35.4 Å². The summed E-state index contributed by atoms with van der Waals surface area (Å²) < 4.78 is 10.8. The van der Waals surface area contributed by atoms with Gasteiger partial charge in [-0.25, -0.2) is 9.59 Å². The molecular formula is C60H116N2O4S2. The van der Waals surface area contributed by atoms with Crippen LogP contribution in [0.1, 0.15) is 322 Å². The van der Waals surface area contributed by atoms with Crippen LogP contribution in [-0.2, 0) is 19.1 Å². The van der Waals surface area contributed by atoms with Crippen molar-refractivity contribution in [3.63, 3.8) is 0 Å². The van der Waals surface area contributed by atoms with Crippen LogP contribution >= 0.6 is 23.5 Å². The molecule has 0 aliphatic rings. The molecule has 0 radical (unpaired) electrons. The number of rotatable bonds is 57. The fourth-order valence-corrected chi connectivity index (χ4v) is 10.6. The molecule has 0 aliphatic heterocycles. The molecule has 0 fully saturated rings. The predicted octanol–water partition coefficient (Wildman–Crippen LogP) is 19.9. The molecule has 0 heterocycles. The van der Waals surface area contributed by atoms with Gasteiger partial charge < -0.3 is 20.9 Å². The average Bonchev–Trinajstić information content (AvgIpc) is 3.32. The monoisotopic (exact) mass is 993 g/mol. The maximum atomic E-state index is 12.1. The lowest BCUT2D eigenvalue weighted by atomic mass is 10.0. The van der Waals surface area contributed by atoms with Gasteiger partial charge in [-0.3, -0.25) is 0 Å². The van der Waals surface area contributed by atoms with Crippen LogP contribution in [0.2, 0.25) is 0 Å². The summed E-state index contributed by atoms with van der Waals surface area (Å²) in [6.45, 7) is 5.57. The minimum atomic E-state index is -0.295. The SMILES string of the molecule is CCCCCCCCCCCCCCCCCCS/C(N)=C\C(=O)OCCCCCCCCCCCCCCCCCCOC(=O)/C=C(/N)SCCCCCCCCCCCCCCCCCC. The summed E-state index contributed by atoms with van der Waals surface area (Å²) in [4.78, 5) is 24.3. The second kappa shape index (κ2) is 58.3. The zero-order chi connectivity index (χ0) is 49.3. The number of ether oxygens (including phenoxy) is 2. The number of nitrogens with two attached hydrogens (primary N) is 2. The third kappa shape index (κ3) is 57.3. The van der Waals surface area contributed by atoms with Crippen molar-refractivity contribution in [2.24, 2.45) is 11.5 Å². The molecule has 0 saturated heterocycles. The van der Waals surface area contributed by atoms with Gasteiger partial charge in [0.1, 0.15) is 0 Å². The molecule has 0 unspecified atom stereocenters. The summed E-state index contributed by atoms with van der Waals surface area (Å²) in [5.74, 6) is 1.37. The first kappa shape index (κ1) is 66.7. The van der Waals surface area contributed by atoms with Crippen molar-refractivity contribution < 1.29 is 19.1 Å². The third-order valence-electron chi connectivity index (χ3n) is 13.6. The summed E-state index contributed by atoms with van der Waals surface area (Å²) in [5, 5.41) is 1.17. The van der Waals surface area contributed by atoms with Crippen molar-refractivity contribution in [2.75, 3.05) is 24.7 Å². The van der Waals surface area contributed by atoms with Crippen molar-refractivity contribution in [1.82, 2.24) is 0 Å². The maximum absolute atomic E-state index is 12.1. The fraction of sp³-hybridized carbons (Fsp3) is 0.900. The molecule has 0 spiro atoms. The Kier molecular flexibility index (Phi) is 57.2. The molecule has 402 valence electrons. The Morgan fingerprint density at radius 1 is 0.294 bits per heavy atom. The van der Waals surface area contributed by atoms with Gasteiger partial charge in [-0.1, -0.05) is 296 Å². The van der Waals surface area contributed by atoms with Crippen LogP contribution < -0.4 is 11.5 Å². The number of esters is 2. The van der Waals surface area contributed by atoms with Crippen LogP contribution in [-0.4, -0.2) is 36.7 Å². The van der Waals surface area contributed by atoms with Crippen LogP contribution in [0.15, 0.2) is 22.2 Å². The molecule has 0 bridgehead atoms. The summed E-state index contributed by atoms with van der Waals surface area (Å²) in [6, 6.07) is 0. The topological polar surface area (TPSA) is 105 Å². The van der Waals surface area contributed by atoms with E-state index in [1.54, 1.807) is 23.5 Å². The lowest BCUT2D eigenvalue weighted by molar-refractivity contribution is -0.138. The maximum Gasteiger partial charge on any atom is 0.333 e. The Balaban J connectivity index is 3.38. The van der Waals surface area contributed by atoms with Gasteiger partial charge in [-0.2, -0.15) is 0 Å². The molecule has 0 aromatic heterocycles. The van der Waals surface area contributed by atoms with Crippen molar-refractivity contribution in [3.05, 3.63) is 22.2 Å². The number of hydrogen-bond acceptors (Lipinski definition) is 8. The highest BCUT2D eigenvalue weighted by molar-refractivity contribution is 8.03. The molecule has 8 heteroatoms. The highest BCUT2D eigenvalue weighted by Crippen LogP contribution is 2.19. The minimum Gasteiger partial charge on any atom is -0.462 e.